The first kappa shape index (κ1) is 13.6. The Hall–Kier alpha value is -1.81. The molecule has 0 aromatic carbocycles. The average Bonchev–Trinajstić information content (AvgIpc) is 2.39. The molecule has 3 nitrogen and oxygen atoms in total. The number of hydrogen-bond donors (Lipinski definition) is 1. The maximum Gasteiger partial charge on any atom is 0.141 e. The predicted octanol–water partition coefficient (Wildman–Crippen LogP) is 3.01. The van der Waals surface area contributed by atoms with E-state index in [2.05, 4.69) is 22.2 Å². The summed E-state index contributed by atoms with van der Waals surface area (Å²) in [6, 6.07) is 5.34. The summed E-state index contributed by atoms with van der Waals surface area (Å²) < 4.78 is 13.3. The van der Waals surface area contributed by atoms with Crippen LogP contribution in [0.1, 0.15) is 36.2 Å². The zero-order chi connectivity index (χ0) is 13.7. The molecule has 0 spiro atoms. The summed E-state index contributed by atoms with van der Waals surface area (Å²) in [5.41, 5.74) is 2.82. The zero-order valence-corrected chi connectivity index (χ0v) is 11.2. The van der Waals surface area contributed by atoms with E-state index in [-0.39, 0.29) is 11.9 Å². The fraction of sp³-hybridized carbons (Fsp3) is 0.333. The molecule has 4 heteroatoms. The van der Waals surface area contributed by atoms with E-state index in [0.717, 1.165) is 29.8 Å². The molecule has 0 aliphatic rings. The molecule has 0 amide bonds. The van der Waals surface area contributed by atoms with Crippen molar-refractivity contribution in [3.63, 3.8) is 0 Å². The lowest BCUT2D eigenvalue weighted by molar-refractivity contribution is 0.571. The fourth-order valence-corrected chi connectivity index (χ4v) is 1.99. The second-order valence-corrected chi connectivity index (χ2v) is 4.58. The Morgan fingerprint density at radius 1 is 1.32 bits per heavy atom. The third-order valence-corrected chi connectivity index (χ3v) is 2.89. The van der Waals surface area contributed by atoms with Crippen LogP contribution in [0.15, 0.2) is 36.8 Å². The average molecular weight is 259 g/mol. The van der Waals surface area contributed by atoms with Crippen molar-refractivity contribution >= 4 is 0 Å². The smallest absolute Gasteiger partial charge is 0.141 e. The van der Waals surface area contributed by atoms with Gasteiger partial charge in [0.1, 0.15) is 5.82 Å². The number of rotatable bonds is 5. The molecule has 0 bridgehead atoms. The van der Waals surface area contributed by atoms with Gasteiger partial charge in [-0.1, -0.05) is 6.92 Å². The maximum atomic E-state index is 13.3. The quantitative estimate of drug-likeness (QED) is 0.897. The second kappa shape index (κ2) is 6.38. The summed E-state index contributed by atoms with van der Waals surface area (Å²) >= 11 is 0. The van der Waals surface area contributed by atoms with Crippen LogP contribution in [0.2, 0.25) is 0 Å². The van der Waals surface area contributed by atoms with Crippen molar-refractivity contribution in [2.75, 3.05) is 6.54 Å². The molecule has 19 heavy (non-hydrogen) atoms. The zero-order valence-electron chi connectivity index (χ0n) is 11.2. The Balaban J connectivity index is 2.35. The van der Waals surface area contributed by atoms with Crippen molar-refractivity contribution in [2.24, 2.45) is 0 Å². The van der Waals surface area contributed by atoms with E-state index in [0.29, 0.717) is 0 Å². The van der Waals surface area contributed by atoms with Gasteiger partial charge in [0, 0.05) is 12.4 Å². The lowest BCUT2D eigenvalue weighted by Gasteiger charge is -2.18. The van der Waals surface area contributed by atoms with Gasteiger partial charge in [-0.2, -0.15) is 0 Å². The van der Waals surface area contributed by atoms with E-state index in [1.54, 1.807) is 12.4 Å². The Labute approximate surface area is 112 Å². The first-order valence-electron chi connectivity index (χ1n) is 6.47. The van der Waals surface area contributed by atoms with Gasteiger partial charge < -0.3 is 5.32 Å². The Kier molecular flexibility index (Phi) is 4.58. The summed E-state index contributed by atoms with van der Waals surface area (Å²) in [7, 11) is 0. The summed E-state index contributed by atoms with van der Waals surface area (Å²) in [5.74, 6) is -0.326. The summed E-state index contributed by atoms with van der Waals surface area (Å²) in [5, 5.41) is 3.39. The molecule has 0 saturated carbocycles. The van der Waals surface area contributed by atoms with Gasteiger partial charge in [-0.25, -0.2) is 4.39 Å². The number of hydrogen-bond acceptors (Lipinski definition) is 3. The third kappa shape index (κ3) is 3.58. The summed E-state index contributed by atoms with van der Waals surface area (Å²) in [6.07, 6.45) is 5.67. The highest BCUT2D eigenvalue weighted by molar-refractivity contribution is 5.27. The molecule has 1 unspecified atom stereocenters. The topological polar surface area (TPSA) is 37.8 Å². The van der Waals surface area contributed by atoms with Gasteiger partial charge in [0.05, 0.1) is 17.9 Å². The van der Waals surface area contributed by atoms with Crippen LogP contribution in [0.25, 0.3) is 0 Å². The van der Waals surface area contributed by atoms with Gasteiger partial charge in [0.25, 0.3) is 0 Å². The first-order valence-corrected chi connectivity index (χ1v) is 6.47. The molecule has 0 saturated heterocycles. The minimum absolute atomic E-state index is 0.122. The van der Waals surface area contributed by atoms with Crippen molar-refractivity contribution in [3.8, 4) is 0 Å². The molecular weight excluding hydrogens is 241 g/mol. The van der Waals surface area contributed by atoms with Crippen LogP contribution in [0.4, 0.5) is 4.39 Å². The van der Waals surface area contributed by atoms with Crippen molar-refractivity contribution in [1.82, 2.24) is 15.3 Å². The monoisotopic (exact) mass is 259 g/mol. The Bertz CT molecular complexity index is 497. The van der Waals surface area contributed by atoms with Crippen LogP contribution in [0, 0.1) is 12.7 Å². The second-order valence-electron chi connectivity index (χ2n) is 4.58. The van der Waals surface area contributed by atoms with Crippen molar-refractivity contribution in [3.05, 3.63) is 59.4 Å². The molecule has 1 N–H and O–H groups in total. The molecule has 2 rings (SSSR count). The molecule has 0 aliphatic carbocycles. The highest BCUT2D eigenvalue weighted by Gasteiger charge is 2.15. The van der Waals surface area contributed by atoms with Crippen LogP contribution in [0.5, 0.6) is 0 Å². The maximum absolute atomic E-state index is 13.3. The predicted molar refractivity (Wildman–Crippen MR) is 73.3 cm³/mol. The molecule has 2 aromatic rings. The van der Waals surface area contributed by atoms with Crippen molar-refractivity contribution in [1.29, 1.82) is 0 Å². The number of pyridine rings is 2. The number of nitrogens with one attached hydrogen (secondary N) is 1. The summed E-state index contributed by atoms with van der Waals surface area (Å²) in [6.45, 7) is 4.96. The lowest BCUT2D eigenvalue weighted by atomic mass is 10.0. The number of aromatic nitrogens is 2. The van der Waals surface area contributed by atoms with Crippen LogP contribution in [-0.2, 0) is 0 Å². The van der Waals surface area contributed by atoms with Gasteiger partial charge >= 0.3 is 0 Å². The van der Waals surface area contributed by atoms with E-state index in [9.17, 15) is 4.39 Å². The largest absolute Gasteiger partial charge is 0.305 e. The van der Waals surface area contributed by atoms with E-state index < -0.39 is 0 Å². The SMILES string of the molecule is CCCNC(c1cncc(F)c1)c1cc(C)ccn1. The molecule has 0 aliphatic heterocycles. The normalized spacial score (nSPS) is 12.4. The van der Waals surface area contributed by atoms with Gasteiger partial charge in [0.2, 0.25) is 0 Å². The first-order chi connectivity index (χ1) is 9.20. The number of halogens is 1. The fourth-order valence-electron chi connectivity index (χ4n) is 1.99. The van der Waals surface area contributed by atoms with Gasteiger partial charge in [-0.15, -0.1) is 0 Å². The molecule has 2 aromatic heterocycles. The van der Waals surface area contributed by atoms with Gasteiger partial charge in [-0.05, 0) is 49.2 Å². The summed E-state index contributed by atoms with van der Waals surface area (Å²) in [4.78, 5) is 8.30. The molecule has 2 heterocycles. The standard InChI is InChI=1S/C15H18FN3/c1-3-5-19-15(12-8-13(16)10-17-9-12)14-7-11(2)4-6-18-14/h4,6-10,15,19H,3,5H2,1-2H3. The Morgan fingerprint density at radius 2 is 2.16 bits per heavy atom. The Morgan fingerprint density at radius 3 is 2.84 bits per heavy atom. The highest BCUT2D eigenvalue weighted by atomic mass is 19.1. The van der Waals surface area contributed by atoms with E-state index in [1.165, 1.54) is 12.3 Å². The molecule has 0 radical (unpaired) electrons. The van der Waals surface area contributed by atoms with Crippen LogP contribution >= 0.6 is 0 Å². The van der Waals surface area contributed by atoms with E-state index in [1.807, 2.05) is 19.1 Å². The molecule has 1 atom stereocenters. The number of aryl methyl sites for hydroxylation is 1. The van der Waals surface area contributed by atoms with Gasteiger partial charge in [-0.3, -0.25) is 9.97 Å². The molecule has 0 fully saturated rings. The molecule has 100 valence electrons. The number of nitrogens with zero attached hydrogens (tertiary/aromatic N) is 2. The van der Waals surface area contributed by atoms with Crippen molar-refractivity contribution in [2.45, 2.75) is 26.3 Å². The minimum atomic E-state index is -0.326. The molecular formula is C15H18FN3. The van der Waals surface area contributed by atoms with Crippen LogP contribution < -0.4 is 5.32 Å². The van der Waals surface area contributed by atoms with Crippen LogP contribution in [0.3, 0.4) is 0 Å². The van der Waals surface area contributed by atoms with Crippen LogP contribution in [-0.4, -0.2) is 16.5 Å². The lowest BCUT2D eigenvalue weighted by Crippen LogP contribution is -2.24. The third-order valence-electron chi connectivity index (χ3n) is 2.89. The van der Waals surface area contributed by atoms with Crippen molar-refractivity contribution < 1.29 is 4.39 Å². The van der Waals surface area contributed by atoms with Gasteiger partial charge in [0.15, 0.2) is 0 Å². The van der Waals surface area contributed by atoms with E-state index in [4.69, 9.17) is 0 Å². The minimum Gasteiger partial charge on any atom is -0.305 e. The highest BCUT2D eigenvalue weighted by Crippen LogP contribution is 2.21. The van der Waals surface area contributed by atoms with E-state index >= 15 is 0 Å².